The lowest BCUT2D eigenvalue weighted by Crippen LogP contribution is -2.30. The van der Waals surface area contributed by atoms with Crippen LogP contribution in [0.25, 0.3) is 10.9 Å². The summed E-state index contributed by atoms with van der Waals surface area (Å²) in [5, 5.41) is 5.42. The number of aromatic nitrogens is 1. The Hall–Kier alpha value is -2.55. The molecule has 9 heteroatoms. The van der Waals surface area contributed by atoms with Crippen LogP contribution in [-0.2, 0) is 10.0 Å². The van der Waals surface area contributed by atoms with Crippen molar-refractivity contribution < 1.29 is 13.2 Å². The van der Waals surface area contributed by atoms with E-state index in [0.29, 0.717) is 30.4 Å². The van der Waals surface area contributed by atoms with E-state index in [-0.39, 0.29) is 6.10 Å². The molecule has 3 N–H and O–H groups in total. The molecule has 0 unspecified atom stereocenters. The minimum Gasteiger partial charge on any atom is -0.491 e. The molecule has 0 spiro atoms. The van der Waals surface area contributed by atoms with Crippen LogP contribution in [0.3, 0.4) is 0 Å². The van der Waals surface area contributed by atoms with E-state index in [9.17, 15) is 8.42 Å². The monoisotopic (exact) mass is 417 g/mol. The van der Waals surface area contributed by atoms with Crippen LogP contribution in [0.1, 0.15) is 57.7 Å². The van der Waals surface area contributed by atoms with Crippen LogP contribution in [0.2, 0.25) is 0 Å². The van der Waals surface area contributed by atoms with Crippen molar-refractivity contribution in [1.29, 1.82) is 0 Å². The number of fused-ring (bicyclic) bond motifs is 1. The molecular weight excluding hydrogens is 390 g/mol. The Kier molecular flexibility index (Phi) is 5.02. The first-order valence-electron chi connectivity index (χ1n) is 9.95. The maximum atomic E-state index is 11.4. The lowest BCUT2D eigenvalue weighted by molar-refractivity contribution is 0.242. The molecule has 0 saturated heterocycles. The van der Waals surface area contributed by atoms with Gasteiger partial charge in [0.25, 0.3) is 10.0 Å². The Morgan fingerprint density at radius 2 is 2.07 bits per heavy atom. The molecule has 0 radical (unpaired) electrons. The number of hydrogen-bond acceptors (Lipinski definition) is 5. The van der Waals surface area contributed by atoms with E-state index in [2.05, 4.69) is 25.6 Å². The number of hydrazone groups is 1. The third-order valence-electron chi connectivity index (χ3n) is 5.29. The zero-order valence-corrected chi connectivity index (χ0v) is 17.8. The molecular formula is C20H27N5O3S. The quantitative estimate of drug-likeness (QED) is 0.776. The van der Waals surface area contributed by atoms with Crippen molar-refractivity contribution in [2.75, 3.05) is 12.0 Å². The summed E-state index contributed by atoms with van der Waals surface area (Å²) in [6, 6.07) is 6.40. The minimum atomic E-state index is -3.45. The van der Waals surface area contributed by atoms with Gasteiger partial charge in [0.2, 0.25) is 0 Å². The first-order valence-corrected chi connectivity index (χ1v) is 11.8. The number of rotatable bonds is 5. The van der Waals surface area contributed by atoms with Gasteiger partial charge in [-0.3, -0.25) is 5.43 Å². The average Bonchev–Trinajstić information content (AvgIpc) is 2.85. The van der Waals surface area contributed by atoms with Crippen LogP contribution in [-0.4, -0.2) is 36.9 Å². The summed E-state index contributed by atoms with van der Waals surface area (Å²) < 4.78 is 34.7. The molecule has 2 aromatic rings. The highest BCUT2D eigenvalue weighted by Crippen LogP contribution is 2.41. The van der Waals surface area contributed by atoms with E-state index in [1.165, 1.54) is 6.42 Å². The molecule has 4 rings (SSSR count). The minimum absolute atomic E-state index is 0.0934. The van der Waals surface area contributed by atoms with Crippen molar-refractivity contribution in [1.82, 2.24) is 9.99 Å². The standard InChI is InChI=1S/C20H27N5O3S/c1-12(2)28-14-7-8-15-17(11-14)25(13-5-4-6-13)20(19(15)21)16-9-10-18(23-22-16)24-29(3,26)27/h7-8,11-13H,4-6,9-10,21H2,1-3H3,(H,23,24). The summed E-state index contributed by atoms with van der Waals surface area (Å²) in [5.41, 5.74) is 12.9. The first kappa shape index (κ1) is 19.8. The van der Waals surface area contributed by atoms with Gasteiger partial charge in [-0.15, -0.1) is 4.40 Å². The summed E-state index contributed by atoms with van der Waals surface area (Å²) in [6.07, 6.45) is 5.62. The van der Waals surface area contributed by atoms with Gasteiger partial charge < -0.3 is 15.0 Å². The number of amidine groups is 1. The fourth-order valence-electron chi connectivity index (χ4n) is 3.90. The molecule has 1 aromatic carbocycles. The number of benzene rings is 1. The van der Waals surface area contributed by atoms with E-state index >= 15 is 0 Å². The molecule has 1 aromatic heterocycles. The van der Waals surface area contributed by atoms with Gasteiger partial charge in [0.15, 0.2) is 0 Å². The lowest BCUT2D eigenvalue weighted by atomic mass is 9.92. The predicted molar refractivity (Wildman–Crippen MR) is 116 cm³/mol. The summed E-state index contributed by atoms with van der Waals surface area (Å²) >= 11 is 0. The molecule has 1 aliphatic heterocycles. The fraction of sp³-hybridized carbons (Fsp3) is 0.500. The molecule has 0 bridgehead atoms. The maximum Gasteiger partial charge on any atom is 0.251 e. The average molecular weight is 418 g/mol. The number of anilines is 1. The molecule has 2 aliphatic rings. The van der Waals surface area contributed by atoms with Crippen molar-refractivity contribution >= 4 is 38.2 Å². The summed E-state index contributed by atoms with van der Waals surface area (Å²) in [4.78, 5) is 0. The van der Waals surface area contributed by atoms with E-state index in [0.717, 1.165) is 47.2 Å². The Balaban J connectivity index is 1.80. The highest BCUT2D eigenvalue weighted by Gasteiger charge is 2.29. The number of nitrogen functional groups attached to an aromatic ring is 1. The van der Waals surface area contributed by atoms with Crippen molar-refractivity contribution in [3.8, 4) is 5.75 Å². The normalized spacial score (nSPS) is 19.3. The van der Waals surface area contributed by atoms with E-state index < -0.39 is 10.0 Å². The van der Waals surface area contributed by atoms with Gasteiger partial charge in [-0.2, -0.15) is 5.10 Å². The summed E-state index contributed by atoms with van der Waals surface area (Å²) in [7, 11) is -3.45. The second-order valence-corrected chi connectivity index (χ2v) is 9.65. The van der Waals surface area contributed by atoms with Crippen LogP contribution in [0, 0.1) is 0 Å². The Labute approximate surface area is 170 Å². The van der Waals surface area contributed by atoms with Gasteiger partial charge in [0.05, 0.1) is 35.0 Å². The Morgan fingerprint density at radius 3 is 2.62 bits per heavy atom. The van der Waals surface area contributed by atoms with E-state index in [4.69, 9.17) is 10.5 Å². The largest absolute Gasteiger partial charge is 0.491 e. The second-order valence-electron chi connectivity index (χ2n) is 8.00. The first-order chi connectivity index (χ1) is 13.7. The van der Waals surface area contributed by atoms with Gasteiger partial charge in [-0.25, -0.2) is 8.42 Å². The number of nitrogens with one attached hydrogen (secondary N) is 1. The van der Waals surface area contributed by atoms with E-state index in [1.807, 2.05) is 26.0 Å². The Morgan fingerprint density at radius 1 is 1.31 bits per heavy atom. The molecule has 1 aliphatic carbocycles. The zero-order chi connectivity index (χ0) is 20.8. The maximum absolute atomic E-state index is 11.4. The molecule has 8 nitrogen and oxygen atoms in total. The molecule has 0 atom stereocenters. The van der Waals surface area contributed by atoms with Crippen LogP contribution in [0.15, 0.2) is 27.7 Å². The van der Waals surface area contributed by atoms with Crippen molar-refractivity contribution in [3.05, 3.63) is 23.9 Å². The van der Waals surface area contributed by atoms with Gasteiger partial charge in [0, 0.05) is 30.3 Å². The highest BCUT2D eigenvalue weighted by atomic mass is 32.2. The van der Waals surface area contributed by atoms with Gasteiger partial charge in [-0.05, 0) is 45.2 Å². The predicted octanol–water partition coefficient (Wildman–Crippen LogP) is 3.18. The highest BCUT2D eigenvalue weighted by molar-refractivity contribution is 7.89. The number of sulfonamides is 1. The molecule has 1 saturated carbocycles. The number of ether oxygens (including phenoxy) is 1. The summed E-state index contributed by atoms with van der Waals surface area (Å²) in [6.45, 7) is 4.01. The SMILES string of the molecule is CC(C)Oc1ccc2c(N)c(C3=NNC(=NS(C)(=O)=O)CC3)n(C3CCC3)c2c1. The molecule has 29 heavy (non-hydrogen) atoms. The van der Waals surface area contributed by atoms with Crippen LogP contribution >= 0.6 is 0 Å². The number of hydrogen-bond donors (Lipinski definition) is 2. The van der Waals surface area contributed by atoms with Gasteiger partial charge >= 0.3 is 0 Å². The van der Waals surface area contributed by atoms with Crippen LogP contribution in [0.5, 0.6) is 5.75 Å². The number of nitrogens with two attached hydrogens (primary N) is 1. The van der Waals surface area contributed by atoms with Crippen molar-refractivity contribution in [3.63, 3.8) is 0 Å². The zero-order valence-electron chi connectivity index (χ0n) is 17.0. The van der Waals surface area contributed by atoms with Gasteiger partial charge in [0.1, 0.15) is 11.6 Å². The molecule has 2 heterocycles. The fourth-order valence-corrected chi connectivity index (χ4v) is 4.43. The van der Waals surface area contributed by atoms with Gasteiger partial charge in [-0.1, -0.05) is 0 Å². The third-order valence-corrected chi connectivity index (χ3v) is 5.85. The molecule has 1 fully saturated rings. The lowest BCUT2D eigenvalue weighted by Gasteiger charge is -2.31. The number of nitrogens with zero attached hydrogens (tertiary/aromatic N) is 3. The molecule has 0 amide bonds. The van der Waals surface area contributed by atoms with Crippen LogP contribution in [0.4, 0.5) is 5.69 Å². The smallest absolute Gasteiger partial charge is 0.251 e. The topological polar surface area (TPSA) is 111 Å². The molecule has 156 valence electrons. The Bertz CT molecular complexity index is 1110. The van der Waals surface area contributed by atoms with Crippen molar-refractivity contribution in [2.45, 2.75) is 58.1 Å². The van der Waals surface area contributed by atoms with Crippen molar-refractivity contribution in [2.24, 2.45) is 9.50 Å². The summed E-state index contributed by atoms with van der Waals surface area (Å²) in [5.74, 6) is 1.18. The van der Waals surface area contributed by atoms with Crippen LogP contribution < -0.4 is 15.9 Å². The third kappa shape index (κ3) is 3.96. The van der Waals surface area contributed by atoms with E-state index in [1.54, 1.807) is 0 Å². The second kappa shape index (κ2) is 7.37.